The number of nitrogens with one attached hydrogen (secondary N) is 2. The van der Waals surface area contributed by atoms with Crippen molar-refractivity contribution in [3.63, 3.8) is 0 Å². The first-order valence-corrected chi connectivity index (χ1v) is 8.30. The largest absolute Gasteiger partial charge is 0.345 e. The molecule has 130 valence electrons. The van der Waals surface area contributed by atoms with Gasteiger partial charge in [-0.25, -0.2) is 0 Å². The van der Waals surface area contributed by atoms with Crippen molar-refractivity contribution in [3.8, 4) is 0 Å². The van der Waals surface area contributed by atoms with E-state index in [9.17, 15) is 4.79 Å². The van der Waals surface area contributed by atoms with Crippen LogP contribution in [0.25, 0.3) is 0 Å². The molecule has 0 aromatic heterocycles. The standard InChI is InChI=1S/C18H20Cl2N2O.ClH/c1-21-12-2-3-17(23)22-18(13-4-8-15(19)9-5-13)14-6-10-16(20)11-7-14;/h4-11,18,21H,2-3,12H2,1H3,(H,22,23);1H. The zero-order valence-electron chi connectivity index (χ0n) is 13.4. The van der Waals surface area contributed by atoms with E-state index in [2.05, 4.69) is 10.6 Å². The predicted molar refractivity (Wildman–Crippen MR) is 103 cm³/mol. The van der Waals surface area contributed by atoms with Crippen LogP contribution in [-0.4, -0.2) is 19.5 Å². The number of carbonyl (C=O) groups is 1. The molecule has 2 aromatic carbocycles. The van der Waals surface area contributed by atoms with E-state index < -0.39 is 0 Å². The van der Waals surface area contributed by atoms with E-state index in [0.717, 1.165) is 24.1 Å². The van der Waals surface area contributed by atoms with Crippen LogP contribution in [0, 0.1) is 0 Å². The van der Waals surface area contributed by atoms with Crippen LogP contribution in [0.3, 0.4) is 0 Å². The van der Waals surface area contributed by atoms with Gasteiger partial charge in [-0.05, 0) is 55.4 Å². The van der Waals surface area contributed by atoms with Crippen molar-refractivity contribution in [1.29, 1.82) is 0 Å². The lowest BCUT2D eigenvalue weighted by molar-refractivity contribution is -0.121. The van der Waals surface area contributed by atoms with Crippen LogP contribution in [0.5, 0.6) is 0 Å². The highest BCUT2D eigenvalue weighted by atomic mass is 35.5. The topological polar surface area (TPSA) is 41.1 Å². The summed E-state index contributed by atoms with van der Waals surface area (Å²) >= 11 is 11.9. The normalized spacial score (nSPS) is 10.3. The average molecular weight is 388 g/mol. The van der Waals surface area contributed by atoms with E-state index in [4.69, 9.17) is 23.2 Å². The van der Waals surface area contributed by atoms with Crippen LogP contribution in [0.2, 0.25) is 10.0 Å². The minimum absolute atomic E-state index is 0. The second kappa shape index (κ2) is 10.6. The number of carbonyl (C=O) groups excluding carboxylic acids is 1. The minimum atomic E-state index is -0.216. The third-order valence-corrected chi connectivity index (χ3v) is 4.05. The summed E-state index contributed by atoms with van der Waals surface area (Å²) in [6, 6.07) is 14.8. The third kappa shape index (κ3) is 6.33. The number of halogens is 3. The van der Waals surface area contributed by atoms with Gasteiger partial charge in [-0.2, -0.15) is 0 Å². The van der Waals surface area contributed by atoms with Crippen molar-refractivity contribution < 1.29 is 4.79 Å². The molecular formula is C18H21Cl3N2O. The number of benzene rings is 2. The second-order valence-electron chi connectivity index (χ2n) is 5.31. The van der Waals surface area contributed by atoms with Gasteiger partial charge in [-0.15, -0.1) is 12.4 Å². The maximum atomic E-state index is 12.2. The molecule has 0 saturated carbocycles. The lowest BCUT2D eigenvalue weighted by Gasteiger charge is -2.20. The second-order valence-corrected chi connectivity index (χ2v) is 6.18. The Morgan fingerprint density at radius 3 is 1.83 bits per heavy atom. The number of rotatable bonds is 7. The lowest BCUT2D eigenvalue weighted by atomic mass is 9.98. The molecule has 0 bridgehead atoms. The molecule has 2 aromatic rings. The molecule has 0 aliphatic heterocycles. The maximum absolute atomic E-state index is 12.2. The number of hydrogen-bond donors (Lipinski definition) is 2. The van der Waals surface area contributed by atoms with E-state index in [1.54, 1.807) is 0 Å². The Labute approximate surface area is 159 Å². The average Bonchev–Trinajstić information content (AvgIpc) is 2.55. The molecular weight excluding hydrogens is 367 g/mol. The van der Waals surface area contributed by atoms with E-state index in [0.29, 0.717) is 16.5 Å². The van der Waals surface area contributed by atoms with Gasteiger partial charge in [0.05, 0.1) is 6.04 Å². The summed E-state index contributed by atoms with van der Waals surface area (Å²) in [5.74, 6) is 0.0233. The third-order valence-electron chi connectivity index (χ3n) is 3.54. The van der Waals surface area contributed by atoms with E-state index >= 15 is 0 Å². The Morgan fingerprint density at radius 2 is 1.42 bits per heavy atom. The molecule has 0 saturated heterocycles. The first-order chi connectivity index (χ1) is 11.1. The molecule has 6 heteroatoms. The smallest absolute Gasteiger partial charge is 0.220 e. The summed E-state index contributed by atoms with van der Waals surface area (Å²) in [5, 5.41) is 7.48. The van der Waals surface area contributed by atoms with Gasteiger partial charge in [0.25, 0.3) is 0 Å². The van der Waals surface area contributed by atoms with E-state index in [-0.39, 0.29) is 24.4 Å². The molecule has 2 rings (SSSR count). The van der Waals surface area contributed by atoms with E-state index in [1.807, 2.05) is 55.6 Å². The molecule has 3 nitrogen and oxygen atoms in total. The van der Waals surface area contributed by atoms with Crippen LogP contribution >= 0.6 is 35.6 Å². The quantitative estimate of drug-likeness (QED) is 0.681. The van der Waals surface area contributed by atoms with Crippen LogP contribution in [0.1, 0.15) is 30.0 Å². The minimum Gasteiger partial charge on any atom is -0.345 e. The predicted octanol–water partition coefficient (Wildman–Crippen LogP) is 4.62. The molecule has 0 spiro atoms. The zero-order valence-corrected chi connectivity index (χ0v) is 15.7. The summed E-state index contributed by atoms with van der Waals surface area (Å²) < 4.78 is 0. The number of amides is 1. The molecule has 0 radical (unpaired) electrons. The molecule has 0 atom stereocenters. The Hall–Kier alpha value is -1.26. The van der Waals surface area contributed by atoms with Gasteiger partial charge in [0.15, 0.2) is 0 Å². The molecule has 0 heterocycles. The first kappa shape index (κ1) is 20.8. The fraction of sp³-hybridized carbons (Fsp3) is 0.278. The van der Waals surface area contributed by atoms with Gasteiger partial charge in [0.1, 0.15) is 0 Å². The number of hydrogen-bond acceptors (Lipinski definition) is 2. The molecule has 0 fully saturated rings. The van der Waals surface area contributed by atoms with Gasteiger partial charge >= 0.3 is 0 Å². The first-order valence-electron chi connectivity index (χ1n) is 7.55. The van der Waals surface area contributed by atoms with Gasteiger partial charge in [-0.3, -0.25) is 4.79 Å². The molecule has 0 aliphatic carbocycles. The Kier molecular flexibility index (Phi) is 9.16. The molecule has 0 unspecified atom stereocenters. The van der Waals surface area contributed by atoms with Crippen LogP contribution < -0.4 is 10.6 Å². The SMILES string of the molecule is CNCCCC(=O)NC(c1ccc(Cl)cc1)c1ccc(Cl)cc1.Cl. The van der Waals surface area contributed by atoms with Crippen LogP contribution in [0.4, 0.5) is 0 Å². The highest BCUT2D eigenvalue weighted by Crippen LogP contribution is 2.25. The summed E-state index contributed by atoms with van der Waals surface area (Å²) in [7, 11) is 1.88. The highest BCUT2D eigenvalue weighted by molar-refractivity contribution is 6.30. The molecule has 1 amide bonds. The molecule has 2 N–H and O–H groups in total. The highest BCUT2D eigenvalue weighted by Gasteiger charge is 2.16. The van der Waals surface area contributed by atoms with Crippen LogP contribution in [0.15, 0.2) is 48.5 Å². The Morgan fingerprint density at radius 1 is 0.958 bits per heavy atom. The van der Waals surface area contributed by atoms with Crippen molar-refractivity contribution in [1.82, 2.24) is 10.6 Å². The van der Waals surface area contributed by atoms with E-state index in [1.165, 1.54) is 0 Å². The van der Waals surface area contributed by atoms with Gasteiger partial charge in [0.2, 0.25) is 5.91 Å². The fourth-order valence-corrected chi connectivity index (χ4v) is 2.58. The summed E-state index contributed by atoms with van der Waals surface area (Å²) in [5.41, 5.74) is 1.97. The summed E-state index contributed by atoms with van der Waals surface area (Å²) in [4.78, 5) is 12.2. The van der Waals surface area contributed by atoms with Crippen molar-refractivity contribution in [2.45, 2.75) is 18.9 Å². The van der Waals surface area contributed by atoms with Gasteiger partial charge in [0, 0.05) is 16.5 Å². The van der Waals surface area contributed by atoms with Crippen molar-refractivity contribution in [3.05, 3.63) is 69.7 Å². The molecule has 24 heavy (non-hydrogen) atoms. The van der Waals surface area contributed by atoms with Gasteiger partial charge < -0.3 is 10.6 Å². The van der Waals surface area contributed by atoms with Crippen molar-refractivity contribution >= 4 is 41.5 Å². The monoisotopic (exact) mass is 386 g/mol. The zero-order chi connectivity index (χ0) is 16.7. The summed E-state index contributed by atoms with van der Waals surface area (Å²) in [6.07, 6.45) is 1.29. The summed E-state index contributed by atoms with van der Waals surface area (Å²) in [6.45, 7) is 0.819. The lowest BCUT2D eigenvalue weighted by Crippen LogP contribution is -2.29. The Balaban J connectivity index is 0.00000288. The van der Waals surface area contributed by atoms with Crippen LogP contribution in [-0.2, 0) is 4.79 Å². The maximum Gasteiger partial charge on any atom is 0.220 e. The Bertz CT molecular complexity index is 584. The van der Waals surface area contributed by atoms with Gasteiger partial charge in [-0.1, -0.05) is 47.5 Å². The molecule has 0 aliphatic rings. The fourth-order valence-electron chi connectivity index (χ4n) is 2.33. The van der Waals surface area contributed by atoms with Crippen molar-refractivity contribution in [2.24, 2.45) is 0 Å². The van der Waals surface area contributed by atoms with Crippen molar-refractivity contribution in [2.75, 3.05) is 13.6 Å².